The van der Waals surface area contributed by atoms with Crippen LogP contribution in [-0.2, 0) is 6.42 Å². The van der Waals surface area contributed by atoms with Crippen LogP contribution < -0.4 is 0 Å². The van der Waals surface area contributed by atoms with Crippen molar-refractivity contribution in [2.45, 2.75) is 38.4 Å². The molecule has 0 amide bonds. The van der Waals surface area contributed by atoms with E-state index in [1.807, 2.05) is 19.1 Å². The van der Waals surface area contributed by atoms with Crippen LogP contribution in [-0.4, -0.2) is 27.5 Å². The normalized spacial score (nSPS) is 14.9. The summed E-state index contributed by atoms with van der Waals surface area (Å²) in [5, 5.41) is 28.0. The lowest BCUT2D eigenvalue weighted by Crippen LogP contribution is -2.25. The van der Waals surface area contributed by atoms with Crippen LogP contribution in [0.5, 0.6) is 5.75 Å². The SMILES string of the molecule is CCC(O)C(O)CCc1ccc(O)cc1. The van der Waals surface area contributed by atoms with Gasteiger partial charge < -0.3 is 15.3 Å². The molecule has 2 unspecified atom stereocenters. The molecule has 0 aliphatic heterocycles. The summed E-state index contributed by atoms with van der Waals surface area (Å²) in [5.74, 6) is 0.243. The van der Waals surface area contributed by atoms with Gasteiger partial charge in [0.25, 0.3) is 0 Å². The van der Waals surface area contributed by atoms with Crippen molar-refractivity contribution in [2.75, 3.05) is 0 Å². The largest absolute Gasteiger partial charge is 0.508 e. The summed E-state index contributed by atoms with van der Waals surface area (Å²) >= 11 is 0. The van der Waals surface area contributed by atoms with E-state index in [4.69, 9.17) is 5.11 Å². The van der Waals surface area contributed by atoms with Crippen molar-refractivity contribution in [2.24, 2.45) is 0 Å². The van der Waals surface area contributed by atoms with E-state index in [0.29, 0.717) is 19.3 Å². The first kappa shape index (κ1) is 12.0. The Balaban J connectivity index is 2.40. The third-order valence-electron chi connectivity index (χ3n) is 2.53. The molecule has 15 heavy (non-hydrogen) atoms. The topological polar surface area (TPSA) is 60.7 Å². The molecule has 2 atom stereocenters. The van der Waals surface area contributed by atoms with Gasteiger partial charge in [-0.25, -0.2) is 0 Å². The Labute approximate surface area is 90.0 Å². The Hall–Kier alpha value is -1.06. The molecule has 1 rings (SSSR count). The molecule has 0 aromatic heterocycles. The summed E-state index contributed by atoms with van der Waals surface area (Å²) < 4.78 is 0. The van der Waals surface area contributed by atoms with Gasteiger partial charge in [0, 0.05) is 0 Å². The van der Waals surface area contributed by atoms with Crippen molar-refractivity contribution in [3.63, 3.8) is 0 Å². The number of hydrogen-bond acceptors (Lipinski definition) is 3. The second-order valence-corrected chi connectivity index (χ2v) is 3.75. The van der Waals surface area contributed by atoms with E-state index in [2.05, 4.69) is 0 Å². The number of rotatable bonds is 5. The van der Waals surface area contributed by atoms with E-state index in [0.717, 1.165) is 5.56 Å². The summed E-state index contributed by atoms with van der Waals surface area (Å²) in [5.41, 5.74) is 1.05. The average molecular weight is 210 g/mol. The molecule has 0 spiro atoms. The van der Waals surface area contributed by atoms with Crippen LogP contribution in [0.3, 0.4) is 0 Å². The van der Waals surface area contributed by atoms with Crippen molar-refractivity contribution in [3.05, 3.63) is 29.8 Å². The highest BCUT2D eigenvalue weighted by Gasteiger charge is 2.13. The van der Waals surface area contributed by atoms with Gasteiger partial charge in [0.05, 0.1) is 12.2 Å². The van der Waals surface area contributed by atoms with Crippen LogP contribution in [0.2, 0.25) is 0 Å². The van der Waals surface area contributed by atoms with Gasteiger partial charge in [-0.15, -0.1) is 0 Å². The van der Waals surface area contributed by atoms with Crippen LogP contribution in [0.25, 0.3) is 0 Å². The minimum Gasteiger partial charge on any atom is -0.508 e. The molecule has 0 aliphatic rings. The van der Waals surface area contributed by atoms with Crippen molar-refractivity contribution in [3.8, 4) is 5.75 Å². The molecule has 1 aromatic rings. The van der Waals surface area contributed by atoms with Gasteiger partial charge in [0.1, 0.15) is 5.75 Å². The predicted molar refractivity (Wildman–Crippen MR) is 58.7 cm³/mol. The number of hydrogen-bond donors (Lipinski definition) is 3. The molecular formula is C12H18O3. The summed E-state index contributed by atoms with van der Waals surface area (Å²) in [6.45, 7) is 1.84. The van der Waals surface area contributed by atoms with Crippen LogP contribution in [0.4, 0.5) is 0 Å². The fourth-order valence-electron chi connectivity index (χ4n) is 1.44. The first-order valence-corrected chi connectivity index (χ1v) is 5.27. The fourth-order valence-corrected chi connectivity index (χ4v) is 1.44. The minimum atomic E-state index is -0.663. The van der Waals surface area contributed by atoms with Gasteiger partial charge in [0.15, 0.2) is 0 Å². The van der Waals surface area contributed by atoms with Gasteiger partial charge in [-0.3, -0.25) is 0 Å². The smallest absolute Gasteiger partial charge is 0.115 e. The third-order valence-corrected chi connectivity index (χ3v) is 2.53. The molecule has 0 bridgehead atoms. The summed E-state index contributed by atoms with van der Waals surface area (Å²) in [7, 11) is 0. The second kappa shape index (κ2) is 5.73. The van der Waals surface area contributed by atoms with Crippen molar-refractivity contribution < 1.29 is 15.3 Å². The van der Waals surface area contributed by atoms with E-state index in [1.165, 1.54) is 0 Å². The van der Waals surface area contributed by atoms with Crippen LogP contribution >= 0.6 is 0 Å². The second-order valence-electron chi connectivity index (χ2n) is 3.75. The molecule has 0 radical (unpaired) electrons. The van der Waals surface area contributed by atoms with E-state index in [1.54, 1.807) is 12.1 Å². The van der Waals surface area contributed by atoms with Crippen LogP contribution in [0, 0.1) is 0 Å². The molecule has 0 saturated heterocycles. The van der Waals surface area contributed by atoms with Gasteiger partial charge >= 0.3 is 0 Å². The maximum atomic E-state index is 9.53. The molecule has 0 heterocycles. The zero-order valence-electron chi connectivity index (χ0n) is 8.93. The molecule has 3 heteroatoms. The standard InChI is InChI=1S/C12H18O3/c1-2-11(14)12(15)8-5-9-3-6-10(13)7-4-9/h3-4,6-7,11-15H,2,5,8H2,1H3. The highest BCUT2D eigenvalue weighted by Crippen LogP contribution is 2.13. The van der Waals surface area contributed by atoms with E-state index in [-0.39, 0.29) is 5.75 Å². The zero-order valence-corrected chi connectivity index (χ0v) is 8.93. The lowest BCUT2D eigenvalue weighted by Gasteiger charge is -2.15. The van der Waals surface area contributed by atoms with Crippen molar-refractivity contribution in [1.29, 1.82) is 0 Å². The first-order chi connectivity index (χ1) is 7.13. The summed E-state index contributed by atoms with van der Waals surface area (Å²) in [4.78, 5) is 0. The van der Waals surface area contributed by atoms with E-state index < -0.39 is 12.2 Å². The number of phenols is 1. The average Bonchev–Trinajstić information content (AvgIpc) is 2.26. The molecule has 0 fully saturated rings. The first-order valence-electron chi connectivity index (χ1n) is 5.27. The van der Waals surface area contributed by atoms with Gasteiger partial charge in [-0.05, 0) is 37.0 Å². The molecular weight excluding hydrogens is 192 g/mol. The number of aryl methyl sites for hydroxylation is 1. The molecule has 0 aliphatic carbocycles. The Bertz CT molecular complexity index is 281. The molecule has 3 nitrogen and oxygen atoms in total. The van der Waals surface area contributed by atoms with E-state index >= 15 is 0 Å². The highest BCUT2D eigenvalue weighted by atomic mass is 16.3. The van der Waals surface area contributed by atoms with Gasteiger partial charge in [0.2, 0.25) is 0 Å². The number of aliphatic hydroxyl groups is 2. The fraction of sp³-hybridized carbons (Fsp3) is 0.500. The minimum absolute atomic E-state index is 0.243. The number of phenolic OH excluding ortho intramolecular Hbond substituents is 1. The monoisotopic (exact) mass is 210 g/mol. The van der Waals surface area contributed by atoms with Crippen LogP contribution in [0.15, 0.2) is 24.3 Å². The Kier molecular flexibility index (Phi) is 4.59. The Morgan fingerprint density at radius 1 is 1.07 bits per heavy atom. The summed E-state index contributed by atoms with van der Waals surface area (Å²) in [6, 6.07) is 6.89. The molecule has 1 aromatic carbocycles. The van der Waals surface area contributed by atoms with E-state index in [9.17, 15) is 10.2 Å². The number of aliphatic hydroxyl groups excluding tert-OH is 2. The highest BCUT2D eigenvalue weighted by molar-refractivity contribution is 5.25. The Morgan fingerprint density at radius 2 is 1.67 bits per heavy atom. The molecule has 3 N–H and O–H groups in total. The maximum absolute atomic E-state index is 9.53. The van der Waals surface area contributed by atoms with Gasteiger partial charge in [-0.1, -0.05) is 19.1 Å². The van der Waals surface area contributed by atoms with Crippen molar-refractivity contribution in [1.82, 2.24) is 0 Å². The van der Waals surface area contributed by atoms with Crippen LogP contribution in [0.1, 0.15) is 25.3 Å². The summed E-state index contributed by atoms with van der Waals surface area (Å²) in [6.07, 6.45) is 0.514. The number of aromatic hydroxyl groups is 1. The molecule has 84 valence electrons. The Morgan fingerprint density at radius 3 is 2.20 bits per heavy atom. The van der Waals surface area contributed by atoms with Crippen molar-refractivity contribution >= 4 is 0 Å². The molecule has 0 saturated carbocycles. The third kappa shape index (κ3) is 3.90. The van der Waals surface area contributed by atoms with Gasteiger partial charge in [-0.2, -0.15) is 0 Å². The lowest BCUT2D eigenvalue weighted by atomic mass is 10.0. The number of benzene rings is 1. The quantitative estimate of drug-likeness (QED) is 0.689. The maximum Gasteiger partial charge on any atom is 0.115 e. The lowest BCUT2D eigenvalue weighted by molar-refractivity contribution is 0.0130. The predicted octanol–water partition coefficient (Wildman–Crippen LogP) is 1.46. The zero-order chi connectivity index (χ0) is 11.3.